The number of ether oxygens (including phenoxy) is 1. The van der Waals surface area contributed by atoms with Crippen LogP contribution in [-0.2, 0) is 0 Å². The number of likely N-dealkylation sites (tertiary alicyclic amines) is 1. The van der Waals surface area contributed by atoms with E-state index < -0.39 is 5.60 Å². The van der Waals surface area contributed by atoms with Crippen molar-refractivity contribution in [1.29, 1.82) is 5.26 Å². The van der Waals surface area contributed by atoms with E-state index >= 15 is 0 Å². The van der Waals surface area contributed by atoms with Crippen molar-refractivity contribution >= 4 is 16.7 Å². The van der Waals surface area contributed by atoms with Crippen molar-refractivity contribution in [2.75, 3.05) is 20.2 Å². The SMILES string of the molecule is COc1nc(C(=O)N2CC(O)(CC#N)C2)cc2ccccc12. The fourth-order valence-corrected chi connectivity index (χ4v) is 2.66. The van der Waals surface area contributed by atoms with E-state index in [9.17, 15) is 9.90 Å². The standard InChI is InChI=1S/C16H15N3O3/c1-22-14-12-5-3-2-4-11(12)8-13(18-14)15(20)19-9-16(21,10-19)6-7-17/h2-5,8,21H,6,9-10H2,1H3. The van der Waals surface area contributed by atoms with Crippen molar-refractivity contribution in [2.45, 2.75) is 12.0 Å². The monoisotopic (exact) mass is 297 g/mol. The molecule has 2 aromatic rings. The van der Waals surface area contributed by atoms with Crippen LogP contribution < -0.4 is 4.74 Å². The number of carbonyl (C=O) groups is 1. The number of aromatic nitrogens is 1. The molecule has 0 bridgehead atoms. The molecule has 1 N–H and O–H groups in total. The van der Waals surface area contributed by atoms with E-state index in [1.807, 2.05) is 30.3 Å². The van der Waals surface area contributed by atoms with Crippen LogP contribution in [-0.4, -0.2) is 46.7 Å². The Morgan fingerprint density at radius 1 is 1.50 bits per heavy atom. The predicted molar refractivity (Wildman–Crippen MR) is 79.4 cm³/mol. The Balaban J connectivity index is 1.88. The average molecular weight is 297 g/mol. The van der Waals surface area contributed by atoms with Crippen molar-refractivity contribution in [3.05, 3.63) is 36.0 Å². The number of hydrogen-bond acceptors (Lipinski definition) is 5. The molecule has 6 nitrogen and oxygen atoms in total. The van der Waals surface area contributed by atoms with Crippen LogP contribution in [0.4, 0.5) is 0 Å². The largest absolute Gasteiger partial charge is 0.481 e. The van der Waals surface area contributed by atoms with Crippen LogP contribution in [0.15, 0.2) is 30.3 Å². The second-order valence-corrected chi connectivity index (χ2v) is 5.46. The lowest BCUT2D eigenvalue weighted by Crippen LogP contribution is -2.63. The zero-order valence-corrected chi connectivity index (χ0v) is 12.1. The molecule has 112 valence electrons. The van der Waals surface area contributed by atoms with Crippen molar-refractivity contribution in [1.82, 2.24) is 9.88 Å². The highest BCUT2D eigenvalue weighted by atomic mass is 16.5. The molecule has 2 heterocycles. The van der Waals surface area contributed by atoms with Gasteiger partial charge in [0.25, 0.3) is 5.91 Å². The number of amides is 1. The van der Waals surface area contributed by atoms with Gasteiger partial charge in [0.2, 0.25) is 5.88 Å². The van der Waals surface area contributed by atoms with E-state index in [0.29, 0.717) is 5.88 Å². The van der Waals surface area contributed by atoms with Crippen molar-refractivity contribution in [3.63, 3.8) is 0 Å². The molecule has 1 fully saturated rings. The second-order valence-electron chi connectivity index (χ2n) is 5.46. The molecule has 0 radical (unpaired) electrons. The van der Waals surface area contributed by atoms with Crippen LogP contribution in [0.1, 0.15) is 16.9 Å². The summed E-state index contributed by atoms with van der Waals surface area (Å²) in [5.41, 5.74) is -0.819. The summed E-state index contributed by atoms with van der Waals surface area (Å²) in [7, 11) is 1.51. The van der Waals surface area contributed by atoms with E-state index in [1.165, 1.54) is 12.0 Å². The van der Waals surface area contributed by atoms with Crippen molar-refractivity contribution in [2.24, 2.45) is 0 Å². The highest BCUT2D eigenvalue weighted by molar-refractivity contribution is 5.98. The van der Waals surface area contributed by atoms with Gasteiger partial charge in [-0.25, -0.2) is 4.98 Å². The first-order valence-corrected chi connectivity index (χ1v) is 6.89. The zero-order valence-electron chi connectivity index (χ0n) is 12.1. The lowest BCUT2D eigenvalue weighted by molar-refractivity contribution is -0.0772. The fraction of sp³-hybridized carbons (Fsp3) is 0.312. The summed E-state index contributed by atoms with van der Waals surface area (Å²) in [6.07, 6.45) is 0.0191. The number of hydrogen-bond donors (Lipinski definition) is 1. The Kier molecular flexibility index (Phi) is 3.43. The topological polar surface area (TPSA) is 86.4 Å². The number of fused-ring (bicyclic) bond motifs is 1. The summed E-state index contributed by atoms with van der Waals surface area (Å²) in [5.74, 6) is 0.126. The number of methoxy groups -OCH3 is 1. The first kappa shape index (κ1) is 14.3. The first-order chi connectivity index (χ1) is 10.6. The summed E-state index contributed by atoms with van der Waals surface area (Å²) in [6.45, 7) is 0.298. The molecule has 0 spiro atoms. The minimum absolute atomic E-state index is 0.0191. The van der Waals surface area contributed by atoms with Crippen molar-refractivity contribution in [3.8, 4) is 11.9 Å². The van der Waals surface area contributed by atoms with Gasteiger partial charge in [-0.1, -0.05) is 18.2 Å². The number of nitrogens with zero attached hydrogens (tertiary/aromatic N) is 3. The number of benzene rings is 1. The van der Waals surface area contributed by atoms with Gasteiger partial charge in [-0.05, 0) is 17.5 Å². The molecule has 0 aliphatic carbocycles. The Labute approximate surface area is 127 Å². The maximum absolute atomic E-state index is 12.4. The molecular formula is C16H15N3O3. The van der Waals surface area contributed by atoms with Gasteiger partial charge < -0.3 is 14.7 Å². The number of rotatable bonds is 3. The third-order valence-electron chi connectivity index (χ3n) is 3.78. The fourth-order valence-electron chi connectivity index (χ4n) is 2.66. The minimum atomic E-state index is -1.09. The van der Waals surface area contributed by atoms with E-state index in [-0.39, 0.29) is 31.1 Å². The third-order valence-corrected chi connectivity index (χ3v) is 3.78. The molecule has 1 aromatic carbocycles. The van der Waals surface area contributed by atoms with Crippen LogP contribution in [0.25, 0.3) is 10.8 Å². The van der Waals surface area contributed by atoms with E-state index in [0.717, 1.165) is 10.8 Å². The van der Waals surface area contributed by atoms with E-state index in [1.54, 1.807) is 6.07 Å². The number of pyridine rings is 1. The first-order valence-electron chi connectivity index (χ1n) is 6.89. The van der Waals surface area contributed by atoms with Crippen LogP contribution in [0.5, 0.6) is 5.88 Å². The van der Waals surface area contributed by atoms with Gasteiger partial charge in [-0.3, -0.25) is 4.79 Å². The highest BCUT2D eigenvalue weighted by Gasteiger charge is 2.44. The normalized spacial score (nSPS) is 16.0. The Morgan fingerprint density at radius 3 is 2.91 bits per heavy atom. The Bertz CT molecular complexity index is 776. The molecule has 6 heteroatoms. The van der Waals surface area contributed by atoms with Crippen molar-refractivity contribution < 1.29 is 14.6 Å². The summed E-state index contributed by atoms with van der Waals surface area (Å²) in [6, 6.07) is 11.2. The van der Waals surface area contributed by atoms with E-state index in [4.69, 9.17) is 10.00 Å². The average Bonchev–Trinajstić information content (AvgIpc) is 2.50. The number of nitriles is 1. The van der Waals surface area contributed by atoms with E-state index in [2.05, 4.69) is 4.98 Å². The van der Waals surface area contributed by atoms with Gasteiger partial charge in [0.15, 0.2) is 0 Å². The summed E-state index contributed by atoms with van der Waals surface area (Å²) in [5, 5.41) is 20.3. The quantitative estimate of drug-likeness (QED) is 0.924. The molecular weight excluding hydrogens is 282 g/mol. The van der Waals surface area contributed by atoms with Crippen LogP contribution in [0.2, 0.25) is 0 Å². The van der Waals surface area contributed by atoms with Gasteiger partial charge in [0, 0.05) is 5.39 Å². The summed E-state index contributed by atoms with van der Waals surface area (Å²) in [4.78, 5) is 18.2. The highest BCUT2D eigenvalue weighted by Crippen LogP contribution is 2.28. The maximum Gasteiger partial charge on any atom is 0.272 e. The van der Waals surface area contributed by atoms with Crippen LogP contribution in [0.3, 0.4) is 0 Å². The molecule has 1 aromatic heterocycles. The number of β-amino-alcohol motifs (C(OH)–C–C–N with tert-alkyl or cyclic N) is 1. The van der Waals surface area contributed by atoms with Gasteiger partial charge in [0.05, 0.1) is 32.7 Å². The predicted octanol–water partition coefficient (Wildman–Crippen LogP) is 1.34. The molecule has 1 aliphatic heterocycles. The van der Waals surface area contributed by atoms with Gasteiger partial charge in [0.1, 0.15) is 11.3 Å². The summed E-state index contributed by atoms with van der Waals surface area (Å²) < 4.78 is 5.25. The molecule has 1 saturated heterocycles. The summed E-state index contributed by atoms with van der Waals surface area (Å²) >= 11 is 0. The maximum atomic E-state index is 12.4. The van der Waals surface area contributed by atoms with Gasteiger partial charge in [-0.15, -0.1) is 0 Å². The molecule has 1 aliphatic rings. The lowest BCUT2D eigenvalue weighted by Gasteiger charge is -2.45. The Morgan fingerprint density at radius 2 is 2.23 bits per heavy atom. The lowest BCUT2D eigenvalue weighted by atomic mass is 9.91. The van der Waals surface area contributed by atoms with Gasteiger partial charge in [-0.2, -0.15) is 5.26 Å². The molecule has 0 saturated carbocycles. The van der Waals surface area contributed by atoms with Gasteiger partial charge >= 0.3 is 0 Å². The number of aliphatic hydroxyl groups is 1. The minimum Gasteiger partial charge on any atom is -0.481 e. The zero-order chi connectivity index (χ0) is 15.7. The van der Waals surface area contributed by atoms with Crippen LogP contribution >= 0.6 is 0 Å². The number of carbonyl (C=O) groups excluding carboxylic acids is 1. The van der Waals surface area contributed by atoms with Crippen LogP contribution in [0, 0.1) is 11.3 Å². The molecule has 3 rings (SSSR count). The molecule has 1 amide bonds. The third kappa shape index (κ3) is 2.36. The molecule has 0 atom stereocenters. The Hall–Kier alpha value is -2.65. The molecule has 0 unspecified atom stereocenters. The second kappa shape index (κ2) is 5.28. The molecule has 22 heavy (non-hydrogen) atoms. The smallest absolute Gasteiger partial charge is 0.272 e.